The number of hydrogen-bond donors (Lipinski definition) is 0. The van der Waals surface area contributed by atoms with E-state index in [2.05, 4.69) is 0 Å². The van der Waals surface area contributed by atoms with Crippen LogP contribution in [0.25, 0.3) is 0 Å². The second-order valence-corrected chi connectivity index (χ2v) is 7.52. The van der Waals surface area contributed by atoms with E-state index in [9.17, 15) is 9.59 Å². The molecule has 1 aliphatic rings. The van der Waals surface area contributed by atoms with Gasteiger partial charge in [0, 0.05) is 22.6 Å². The predicted octanol–water partition coefficient (Wildman–Crippen LogP) is 5.60. The van der Waals surface area contributed by atoms with Crippen molar-refractivity contribution in [3.63, 3.8) is 0 Å². The number of carbonyl (C=O) groups excluding carboxylic acids is 2. The molecule has 3 rings (SSSR count). The van der Waals surface area contributed by atoms with Crippen LogP contribution in [0, 0.1) is 0 Å². The Hall–Kier alpha value is -2.33. The largest absolute Gasteiger partial charge is 0.487 e. The Balaban J connectivity index is 1.71. The second-order valence-electron chi connectivity index (χ2n) is 7.08. The van der Waals surface area contributed by atoms with Gasteiger partial charge in [-0.15, -0.1) is 0 Å². The molecule has 0 heterocycles. The Bertz CT molecular complexity index is 816. The Morgan fingerprint density at radius 3 is 2.43 bits per heavy atom. The fourth-order valence-corrected chi connectivity index (χ4v) is 3.54. The van der Waals surface area contributed by atoms with Crippen LogP contribution in [-0.2, 0) is 9.53 Å². The van der Waals surface area contributed by atoms with Crippen molar-refractivity contribution >= 4 is 23.4 Å². The molecule has 2 aromatic rings. The van der Waals surface area contributed by atoms with Crippen molar-refractivity contribution in [3.8, 4) is 5.75 Å². The van der Waals surface area contributed by atoms with E-state index in [4.69, 9.17) is 21.1 Å². The van der Waals surface area contributed by atoms with Gasteiger partial charge in [-0.25, -0.2) is 0 Å². The molecule has 0 N–H and O–H groups in total. The molecule has 1 saturated carbocycles. The normalized spacial score (nSPS) is 19.1. The molecule has 1 aliphatic carbocycles. The van der Waals surface area contributed by atoms with E-state index in [0.29, 0.717) is 28.3 Å². The van der Waals surface area contributed by atoms with E-state index in [1.54, 1.807) is 42.5 Å². The molecule has 0 spiro atoms. The van der Waals surface area contributed by atoms with Crippen molar-refractivity contribution in [2.45, 2.75) is 57.7 Å². The smallest absolute Gasteiger partial charge is 0.306 e. The molecule has 0 saturated heterocycles. The average Bonchev–Trinajstić information content (AvgIpc) is 2.70. The summed E-state index contributed by atoms with van der Waals surface area (Å²) in [4.78, 5) is 24.6. The van der Waals surface area contributed by atoms with Crippen LogP contribution in [0.5, 0.6) is 5.75 Å². The molecule has 0 amide bonds. The van der Waals surface area contributed by atoms with Crippen LogP contribution in [0.3, 0.4) is 0 Å². The molecule has 0 aliphatic heterocycles. The molecular weight excluding hydrogens is 376 g/mol. The third-order valence-corrected chi connectivity index (χ3v) is 5.12. The number of hydrogen-bond acceptors (Lipinski definition) is 4. The van der Waals surface area contributed by atoms with E-state index in [-0.39, 0.29) is 24.0 Å². The number of ketones is 1. The number of carbonyl (C=O) groups is 2. The molecule has 4 nitrogen and oxygen atoms in total. The van der Waals surface area contributed by atoms with Crippen molar-refractivity contribution in [2.75, 3.05) is 0 Å². The molecule has 0 radical (unpaired) electrons. The van der Waals surface area contributed by atoms with Gasteiger partial charge in [-0.05, 0) is 68.5 Å². The summed E-state index contributed by atoms with van der Waals surface area (Å²) < 4.78 is 11.8. The zero-order valence-corrected chi connectivity index (χ0v) is 16.8. The standard InChI is InChI=1S/C23H25ClO4/c1-2-6-22(25)28-21-10-4-3-9-20(21)27-19-8-5-7-17(15-19)23(26)16-11-13-18(24)14-12-16/h5,7-8,11-15,20-21H,2-4,6,9-10H2,1H3. The van der Waals surface area contributed by atoms with Gasteiger partial charge in [-0.1, -0.05) is 30.7 Å². The maximum Gasteiger partial charge on any atom is 0.306 e. The topological polar surface area (TPSA) is 52.6 Å². The van der Waals surface area contributed by atoms with E-state index >= 15 is 0 Å². The van der Waals surface area contributed by atoms with Gasteiger partial charge in [0.25, 0.3) is 0 Å². The van der Waals surface area contributed by atoms with E-state index < -0.39 is 0 Å². The third kappa shape index (κ3) is 5.35. The highest BCUT2D eigenvalue weighted by molar-refractivity contribution is 6.30. The number of halogens is 1. The summed E-state index contributed by atoms with van der Waals surface area (Å²) in [5, 5.41) is 0.592. The predicted molar refractivity (Wildman–Crippen MR) is 109 cm³/mol. The molecule has 2 aromatic carbocycles. The van der Waals surface area contributed by atoms with Crippen molar-refractivity contribution in [1.29, 1.82) is 0 Å². The zero-order chi connectivity index (χ0) is 19.9. The fourth-order valence-electron chi connectivity index (χ4n) is 3.42. The maximum atomic E-state index is 12.7. The van der Waals surface area contributed by atoms with Crippen LogP contribution >= 0.6 is 11.6 Å². The summed E-state index contributed by atoms with van der Waals surface area (Å²) in [7, 11) is 0. The molecule has 28 heavy (non-hydrogen) atoms. The molecule has 5 heteroatoms. The van der Waals surface area contributed by atoms with Crippen LogP contribution in [0.15, 0.2) is 48.5 Å². The minimum atomic E-state index is -0.233. The zero-order valence-electron chi connectivity index (χ0n) is 16.0. The first kappa shape index (κ1) is 20.4. The van der Waals surface area contributed by atoms with Gasteiger partial charge in [-0.3, -0.25) is 9.59 Å². The summed E-state index contributed by atoms with van der Waals surface area (Å²) in [5.74, 6) is 0.356. The van der Waals surface area contributed by atoms with Crippen molar-refractivity contribution in [3.05, 3.63) is 64.7 Å². The Morgan fingerprint density at radius 1 is 1.00 bits per heavy atom. The van der Waals surface area contributed by atoms with Crippen LogP contribution in [-0.4, -0.2) is 24.0 Å². The minimum Gasteiger partial charge on any atom is -0.487 e. The molecule has 2 unspecified atom stereocenters. The SMILES string of the molecule is CCCC(=O)OC1CCCCC1Oc1cccc(C(=O)c2ccc(Cl)cc2)c1. The Morgan fingerprint density at radius 2 is 1.71 bits per heavy atom. The van der Waals surface area contributed by atoms with Gasteiger partial charge < -0.3 is 9.47 Å². The van der Waals surface area contributed by atoms with E-state index in [1.165, 1.54) is 0 Å². The summed E-state index contributed by atoms with van der Waals surface area (Å²) in [5.41, 5.74) is 1.13. The number of rotatable bonds is 7. The molecule has 0 aromatic heterocycles. The van der Waals surface area contributed by atoms with Crippen molar-refractivity contribution in [1.82, 2.24) is 0 Å². The average molecular weight is 401 g/mol. The van der Waals surface area contributed by atoms with Crippen LogP contribution in [0.4, 0.5) is 0 Å². The Labute approximate surface area is 170 Å². The Kier molecular flexibility index (Phi) is 7.10. The highest BCUT2D eigenvalue weighted by Crippen LogP contribution is 2.27. The number of ether oxygens (including phenoxy) is 2. The summed E-state index contributed by atoms with van der Waals surface area (Å²) in [6, 6.07) is 14.0. The summed E-state index contributed by atoms with van der Waals surface area (Å²) >= 11 is 5.90. The first-order chi connectivity index (χ1) is 13.6. The van der Waals surface area contributed by atoms with Crippen molar-refractivity contribution in [2.24, 2.45) is 0 Å². The van der Waals surface area contributed by atoms with E-state index in [1.807, 2.05) is 13.0 Å². The van der Waals surface area contributed by atoms with Gasteiger partial charge in [0.1, 0.15) is 18.0 Å². The van der Waals surface area contributed by atoms with Gasteiger partial charge in [0.15, 0.2) is 5.78 Å². The first-order valence-corrected chi connectivity index (χ1v) is 10.2. The van der Waals surface area contributed by atoms with Crippen LogP contribution in [0.1, 0.15) is 61.4 Å². The lowest BCUT2D eigenvalue weighted by Crippen LogP contribution is -2.38. The lowest BCUT2D eigenvalue weighted by Gasteiger charge is -2.31. The molecule has 148 valence electrons. The van der Waals surface area contributed by atoms with Crippen LogP contribution in [0.2, 0.25) is 5.02 Å². The van der Waals surface area contributed by atoms with Crippen molar-refractivity contribution < 1.29 is 19.1 Å². The maximum absolute atomic E-state index is 12.7. The minimum absolute atomic E-state index is 0.0864. The summed E-state index contributed by atoms with van der Waals surface area (Å²) in [6.07, 6.45) is 4.48. The highest BCUT2D eigenvalue weighted by Gasteiger charge is 2.30. The van der Waals surface area contributed by atoms with Gasteiger partial charge >= 0.3 is 5.97 Å². The molecule has 2 atom stereocenters. The number of esters is 1. The van der Waals surface area contributed by atoms with Crippen LogP contribution < -0.4 is 4.74 Å². The summed E-state index contributed by atoms with van der Waals surface area (Å²) in [6.45, 7) is 1.96. The molecular formula is C23H25ClO4. The fraction of sp³-hybridized carbons (Fsp3) is 0.391. The lowest BCUT2D eigenvalue weighted by molar-refractivity contribution is -0.156. The third-order valence-electron chi connectivity index (χ3n) is 4.87. The van der Waals surface area contributed by atoms with Gasteiger partial charge in [-0.2, -0.15) is 0 Å². The monoisotopic (exact) mass is 400 g/mol. The van der Waals surface area contributed by atoms with Gasteiger partial charge in [0.2, 0.25) is 0 Å². The number of benzene rings is 2. The van der Waals surface area contributed by atoms with E-state index in [0.717, 1.165) is 32.1 Å². The van der Waals surface area contributed by atoms with Gasteiger partial charge in [0.05, 0.1) is 0 Å². The molecule has 1 fully saturated rings. The lowest BCUT2D eigenvalue weighted by atomic mass is 9.94. The quantitative estimate of drug-likeness (QED) is 0.448. The highest BCUT2D eigenvalue weighted by atomic mass is 35.5. The molecule has 0 bridgehead atoms. The second kappa shape index (κ2) is 9.74. The first-order valence-electron chi connectivity index (χ1n) is 9.83.